The van der Waals surface area contributed by atoms with Crippen molar-refractivity contribution in [3.8, 4) is 0 Å². The molecule has 2 fully saturated rings. The first kappa shape index (κ1) is 24.6. The molecule has 37 heavy (non-hydrogen) atoms. The van der Waals surface area contributed by atoms with E-state index in [-0.39, 0.29) is 11.5 Å². The summed E-state index contributed by atoms with van der Waals surface area (Å²) >= 11 is 0. The number of Topliss-reactive ketones (excluding diaryl/α,β-unsaturated/α-hetero) is 1. The minimum Gasteiger partial charge on any atom is -0.422 e. The van der Waals surface area contributed by atoms with E-state index < -0.39 is 51.5 Å². The lowest BCUT2D eigenvalue weighted by molar-refractivity contribution is -0.384. The van der Waals surface area contributed by atoms with Crippen molar-refractivity contribution in [2.75, 3.05) is 0 Å². The first-order chi connectivity index (χ1) is 17.3. The van der Waals surface area contributed by atoms with Crippen LogP contribution in [0.5, 0.6) is 0 Å². The van der Waals surface area contributed by atoms with Crippen molar-refractivity contribution in [1.82, 2.24) is 5.01 Å². The highest BCUT2D eigenvalue weighted by molar-refractivity contribution is 6.07. The average molecular weight is 506 g/mol. The highest BCUT2D eigenvalue weighted by atomic mass is 16.7. The fourth-order valence-corrected chi connectivity index (χ4v) is 5.63. The van der Waals surface area contributed by atoms with E-state index in [0.717, 1.165) is 0 Å². The van der Waals surface area contributed by atoms with Crippen molar-refractivity contribution >= 4 is 29.6 Å². The van der Waals surface area contributed by atoms with Gasteiger partial charge in [0.1, 0.15) is 12.1 Å². The lowest BCUT2D eigenvalue weighted by Crippen LogP contribution is -2.58. The maximum absolute atomic E-state index is 14.1. The highest BCUT2D eigenvalue weighted by Gasteiger charge is 2.75. The molecule has 2 saturated heterocycles. The Labute approximate surface area is 213 Å². The van der Waals surface area contributed by atoms with Crippen LogP contribution in [0, 0.1) is 20.9 Å². The van der Waals surface area contributed by atoms with Crippen LogP contribution >= 0.6 is 0 Å². The van der Waals surface area contributed by atoms with Gasteiger partial charge in [0.15, 0.2) is 5.78 Å². The Morgan fingerprint density at radius 2 is 1.62 bits per heavy atom. The van der Waals surface area contributed by atoms with Crippen molar-refractivity contribution in [3.05, 3.63) is 75.3 Å². The molecule has 3 atom stereocenters. The third-order valence-corrected chi connectivity index (χ3v) is 7.23. The van der Waals surface area contributed by atoms with E-state index in [1.165, 1.54) is 43.1 Å². The van der Waals surface area contributed by atoms with E-state index in [1.54, 1.807) is 39.1 Å². The van der Waals surface area contributed by atoms with Crippen LogP contribution < -0.4 is 0 Å². The van der Waals surface area contributed by atoms with Gasteiger partial charge < -0.3 is 9.47 Å². The van der Waals surface area contributed by atoms with E-state index in [4.69, 9.17) is 9.47 Å². The largest absolute Gasteiger partial charge is 0.422 e. The Kier molecular flexibility index (Phi) is 5.29. The molecule has 0 radical (unpaired) electrons. The zero-order valence-electron chi connectivity index (χ0n) is 21.1. The molecular weight excluding hydrogens is 478 g/mol. The zero-order valence-corrected chi connectivity index (χ0v) is 21.1. The molecule has 5 rings (SSSR count). The smallest absolute Gasteiger partial charge is 0.330 e. The van der Waals surface area contributed by atoms with Gasteiger partial charge in [0.25, 0.3) is 11.5 Å². The summed E-state index contributed by atoms with van der Waals surface area (Å²) in [6.45, 7) is 8.20. The molecule has 1 unspecified atom stereocenters. The SMILES string of the molecule is CC1(C)OC(=O)C2(C(=O)O1)C1c3ccccc3C=NN1[C@H](C(=O)C(C)(C)C)[C@H]2c1ccc([N+](=O)[O-])cc1. The van der Waals surface area contributed by atoms with Crippen molar-refractivity contribution in [1.29, 1.82) is 0 Å². The molecule has 0 aromatic heterocycles. The van der Waals surface area contributed by atoms with Crippen molar-refractivity contribution in [2.24, 2.45) is 15.9 Å². The van der Waals surface area contributed by atoms with Gasteiger partial charge in [0.05, 0.1) is 11.1 Å². The monoisotopic (exact) mass is 505 g/mol. The van der Waals surface area contributed by atoms with E-state index in [1.807, 2.05) is 12.1 Å². The van der Waals surface area contributed by atoms with Crippen LogP contribution in [-0.4, -0.2) is 45.7 Å². The van der Waals surface area contributed by atoms with Gasteiger partial charge >= 0.3 is 11.9 Å². The maximum Gasteiger partial charge on any atom is 0.330 e. The van der Waals surface area contributed by atoms with Gasteiger partial charge in [0, 0.05) is 37.3 Å². The number of nitro benzene ring substituents is 1. The summed E-state index contributed by atoms with van der Waals surface area (Å²) in [6, 6.07) is 10.7. The normalized spacial score (nSPS) is 25.2. The molecule has 3 aliphatic rings. The fourth-order valence-electron chi connectivity index (χ4n) is 5.63. The molecule has 192 valence electrons. The molecule has 0 N–H and O–H groups in total. The van der Waals surface area contributed by atoms with Gasteiger partial charge in [-0.25, -0.2) is 0 Å². The molecule has 0 amide bonds. The van der Waals surface area contributed by atoms with Gasteiger partial charge in [-0.05, 0) is 16.7 Å². The molecule has 0 bridgehead atoms. The van der Waals surface area contributed by atoms with Gasteiger partial charge in [0.2, 0.25) is 5.41 Å². The summed E-state index contributed by atoms with van der Waals surface area (Å²) in [4.78, 5) is 52.9. The van der Waals surface area contributed by atoms with Crippen molar-refractivity contribution in [2.45, 2.75) is 58.4 Å². The molecule has 3 aliphatic heterocycles. The van der Waals surface area contributed by atoms with Gasteiger partial charge in [-0.2, -0.15) is 5.10 Å². The minimum absolute atomic E-state index is 0.162. The molecule has 3 heterocycles. The number of benzene rings is 2. The van der Waals surface area contributed by atoms with E-state index in [9.17, 15) is 24.5 Å². The third kappa shape index (κ3) is 3.53. The number of non-ortho nitro benzene ring substituents is 1. The van der Waals surface area contributed by atoms with Gasteiger partial charge in [-0.15, -0.1) is 0 Å². The average Bonchev–Trinajstić information content (AvgIpc) is 3.13. The number of hydrogen-bond acceptors (Lipinski definition) is 9. The number of ether oxygens (including phenoxy) is 2. The van der Waals surface area contributed by atoms with Gasteiger partial charge in [-0.1, -0.05) is 57.2 Å². The molecule has 2 aromatic rings. The lowest BCUT2D eigenvalue weighted by Gasteiger charge is -2.44. The topological polar surface area (TPSA) is 128 Å². The highest BCUT2D eigenvalue weighted by Crippen LogP contribution is 2.63. The first-order valence-corrected chi connectivity index (χ1v) is 12.0. The van der Waals surface area contributed by atoms with Crippen LogP contribution in [0.4, 0.5) is 5.69 Å². The predicted octanol–water partition coefficient (Wildman–Crippen LogP) is 3.89. The first-order valence-electron chi connectivity index (χ1n) is 12.0. The molecule has 10 heteroatoms. The number of hydrogen-bond donors (Lipinski definition) is 0. The fraction of sp³-hybridized carbons (Fsp3) is 0.407. The number of fused-ring (bicyclic) bond motifs is 4. The van der Waals surface area contributed by atoms with Crippen LogP contribution in [0.1, 0.15) is 63.3 Å². The number of hydrazone groups is 1. The maximum atomic E-state index is 14.1. The number of carbonyl (C=O) groups excluding carboxylic acids is 3. The summed E-state index contributed by atoms with van der Waals surface area (Å²) in [6.07, 6.45) is 1.60. The number of cyclic esters (lactones) is 2. The number of rotatable bonds is 3. The number of carbonyl (C=O) groups is 3. The van der Waals surface area contributed by atoms with Crippen molar-refractivity contribution in [3.63, 3.8) is 0 Å². The molecule has 1 spiro atoms. The van der Waals surface area contributed by atoms with E-state index in [2.05, 4.69) is 5.10 Å². The number of ketones is 1. The van der Waals surface area contributed by atoms with E-state index in [0.29, 0.717) is 16.7 Å². The Morgan fingerprint density at radius 1 is 1.03 bits per heavy atom. The second-order valence-electron chi connectivity index (χ2n) is 11.1. The number of nitrogens with zero attached hydrogens (tertiary/aromatic N) is 3. The Bertz CT molecular complexity index is 1340. The Morgan fingerprint density at radius 3 is 2.19 bits per heavy atom. The molecule has 0 aliphatic carbocycles. The zero-order chi connectivity index (χ0) is 26.9. The van der Waals surface area contributed by atoms with Crippen LogP contribution in [0.3, 0.4) is 0 Å². The van der Waals surface area contributed by atoms with Crippen LogP contribution in [0.15, 0.2) is 53.6 Å². The predicted molar refractivity (Wildman–Crippen MR) is 131 cm³/mol. The minimum atomic E-state index is -1.99. The van der Waals surface area contributed by atoms with E-state index >= 15 is 0 Å². The summed E-state index contributed by atoms with van der Waals surface area (Å²) in [7, 11) is 0. The molecule has 2 aromatic carbocycles. The van der Waals surface area contributed by atoms with Crippen LogP contribution in [-0.2, 0) is 23.9 Å². The lowest BCUT2D eigenvalue weighted by atomic mass is 9.64. The molecule has 0 saturated carbocycles. The number of esters is 2. The van der Waals surface area contributed by atoms with Crippen LogP contribution in [0.25, 0.3) is 0 Å². The van der Waals surface area contributed by atoms with Crippen molar-refractivity contribution < 1.29 is 28.8 Å². The molecular formula is C27H27N3O7. The van der Waals surface area contributed by atoms with Crippen LogP contribution in [0.2, 0.25) is 0 Å². The quantitative estimate of drug-likeness (QED) is 0.266. The van der Waals surface area contributed by atoms with Gasteiger partial charge in [-0.3, -0.25) is 29.5 Å². The Balaban J connectivity index is 1.83. The summed E-state index contributed by atoms with van der Waals surface area (Å²) in [5.41, 5.74) is -1.31. The summed E-state index contributed by atoms with van der Waals surface area (Å²) in [5.74, 6) is -4.51. The molecule has 10 nitrogen and oxygen atoms in total. The second-order valence-corrected chi connectivity index (χ2v) is 11.1. The third-order valence-electron chi connectivity index (χ3n) is 7.23. The summed E-state index contributed by atoms with van der Waals surface area (Å²) < 4.78 is 11.4. The summed E-state index contributed by atoms with van der Waals surface area (Å²) in [5, 5.41) is 17.4. The second kappa shape index (κ2) is 7.96. The Hall–Kier alpha value is -4.08. The number of nitro groups is 1. The standard InChI is InChI=1S/C27H27N3O7/c1-25(2,3)22(31)20-19(15-10-12-17(13-11-15)30(34)35)27(23(32)36-26(4,5)37-24(27)33)21-18-9-7-6-8-16(18)14-28-29(20)21/h6-14,19-21H,1-5H3/t19-,20+,21?/m1/s1.